The number of benzene rings is 7. The molecule has 0 bridgehead atoms. The molecule has 6 heteroatoms. The first-order chi connectivity index (χ1) is 26.8. The van der Waals surface area contributed by atoms with E-state index in [0.29, 0.717) is 17.5 Å². The van der Waals surface area contributed by atoms with Gasteiger partial charge in [-0.05, 0) is 48.5 Å². The van der Waals surface area contributed by atoms with Crippen LogP contribution in [0.1, 0.15) is 0 Å². The number of aromatic nitrogens is 5. The zero-order valence-corrected chi connectivity index (χ0v) is 29.7. The molecule has 0 atom stereocenters. The van der Waals surface area contributed by atoms with Crippen LogP contribution in [0.25, 0.3) is 104 Å². The highest BCUT2D eigenvalue weighted by Gasteiger charge is 2.18. The fourth-order valence-electron chi connectivity index (χ4n) is 7.71. The van der Waals surface area contributed by atoms with Crippen LogP contribution in [0.5, 0.6) is 0 Å². The number of para-hydroxylation sites is 3. The van der Waals surface area contributed by atoms with Crippen molar-refractivity contribution < 1.29 is 0 Å². The average Bonchev–Trinajstić information content (AvgIpc) is 3.81. The summed E-state index contributed by atoms with van der Waals surface area (Å²) >= 11 is 1.83. The van der Waals surface area contributed by atoms with E-state index >= 15 is 0 Å². The first kappa shape index (κ1) is 30.6. The van der Waals surface area contributed by atoms with E-state index in [9.17, 15) is 0 Å². The minimum Gasteiger partial charge on any atom is -0.309 e. The molecule has 252 valence electrons. The molecular weight excluding hydrogens is 679 g/mol. The van der Waals surface area contributed by atoms with Gasteiger partial charge in [-0.25, -0.2) is 19.9 Å². The molecule has 7 aromatic carbocycles. The van der Waals surface area contributed by atoms with Crippen molar-refractivity contribution in [2.24, 2.45) is 0 Å². The van der Waals surface area contributed by atoms with Gasteiger partial charge in [0.2, 0.25) is 0 Å². The topological polar surface area (TPSA) is 56.5 Å². The van der Waals surface area contributed by atoms with E-state index in [1.165, 1.54) is 47.4 Å². The molecule has 0 aliphatic rings. The number of hydrogen-bond acceptors (Lipinski definition) is 5. The first-order valence-electron chi connectivity index (χ1n) is 18.0. The van der Waals surface area contributed by atoms with Crippen molar-refractivity contribution in [2.75, 3.05) is 0 Å². The van der Waals surface area contributed by atoms with Gasteiger partial charge >= 0.3 is 0 Å². The second kappa shape index (κ2) is 12.3. The summed E-state index contributed by atoms with van der Waals surface area (Å²) in [7, 11) is 0. The highest BCUT2D eigenvalue weighted by Crippen LogP contribution is 2.43. The summed E-state index contributed by atoms with van der Waals surface area (Å²) in [5.74, 6) is 1.88. The predicted molar refractivity (Wildman–Crippen MR) is 224 cm³/mol. The molecule has 5 nitrogen and oxygen atoms in total. The van der Waals surface area contributed by atoms with E-state index in [4.69, 9.17) is 19.9 Å². The van der Waals surface area contributed by atoms with Gasteiger partial charge in [-0.3, -0.25) is 0 Å². The third-order valence-corrected chi connectivity index (χ3v) is 11.5. The highest BCUT2D eigenvalue weighted by molar-refractivity contribution is 7.26. The molecule has 11 aromatic rings. The van der Waals surface area contributed by atoms with Crippen LogP contribution in [0, 0.1) is 0 Å². The van der Waals surface area contributed by atoms with Gasteiger partial charge < -0.3 is 4.57 Å². The van der Waals surface area contributed by atoms with Gasteiger partial charge in [0.1, 0.15) is 0 Å². The minimum absolute atomic E-state index is 0.620. The Bertz CT molecular complexity index is 3150. The van der Waals surface area contributed by atoms with Crippen molar-refractivity contribution in [3.63, 3.8) is 0 Å². The first-order valence-corrected chi connectivity index (χ1v) is 18.8. The molecule has 0 spiro atoms. The third-order valence-electron chi connectivity index (χ3n) is 10.3. The lowest BCUT2D eigenvalue weighted by molar-refractivity contribution is 1.07. The lowest BCUT2D eigenvalue weighted by Gasteiger charge is -2.11. The summed E-state index contributed by atoms with van der Waals surface area (Å²) in [6.07, 6.45) is 0. The van der Waals surface area contributed by atoms with Crippen molar-refractivity contribution in [3.05, 3.63) is 176 Å². The van der Waals surface area contributed by atoms with Gasteiger partial charge in [0.05, 0.1) is 22.2 Å². The Morgan fingerprint density at radius 1 is 0.370 bits per heavy atom. The fraction of sp³-hybridized carbons (Fsp3) is 0. The van der Waals surface area contributed by atoms with E-state index in [0.717, 1.165) is 39.2 Å². The Morgan fingerprint density at radius 3 is 1.50 bits per heavy atom. The average molecular weight is 708 g/mol. The molecule has 0 N–H and O–H groups in total. The Balaban J connectivity index is 1.02. The molecule has 4 aromatic heterocycles. The van der Waals surface area contributed by atoms with Crippen molar-refractivity contribution >= 4 is 64.2 Å². The zero-order valence-electron chi connectivity index (χ0n) is 28.9. The maximum Gasteiger partial charge on any atom is 0.164 e. The molecule has 0 fully saturated rings. The van der Waals surface area contributed by atoms with E-state index in [1.54, 1.807) is 0 Å². The summed E-state index contributed by atoms with van der Waals surface area (Å²) in [4.78, 5) is 20.3. The van der Waals surface area contributed by atoms with Gasteiger partial charge in [0.15, 0.2) is 17.5 Å². The van der Waals surface area contributed by atoms with Crippen LogP contribution in [0.3, 0.4) is 0 Å². The Morgan fingerprint density at radius 2 is 0.852 bits per heavy atom. The largest absolute Gasteiger partial charge is 0.309 e. The van der Waals surface area contributed by atoms with Crippen molar-refractivity contribution in [1.82, 2.24) is 24.5 Å². The number of hydrogen-bond donors (Lipinski definition) is 0. The predicted octanol–water partition coefficient (Wildman–Crippen LogP) is 12.6. The molecule has 0 saturated heterocycles. The molecule has 0 saturated carbocycles. The monoisotopic (exact) mass is 707 g/mol. The molecule has 4 heterocycles. The molecule has 0 unspecified atom stereocenters. The van der Waals surface area contributed by atoms with Gasteiger partial charge in [0, 0.05) is 64.3 Å². The molecule has 0 amide bonds. The van der Waals surface area contributed by atoms with Crippen LogP contribution >= 0.6 is 11.3 Å². The fourth-order valence-corrected chi connectivity index (χ4v) is 8.94. The quantitative estimate of drug-likeness (QED) is 0.179. The number of nitrogens with zero attached hydrogens (tertiary/aromatic N) is 5. The summed E-state index contributed by atoms with van der Waals surface area (Å²) in [6, 6.07) is 61.3. The highest BCUT2D eigenvalue weighted by atomic mass is 32.1. The smallest absolute Gasteiger partial charge is 0.164 e. The maximum absolute atomic E-state index is 5.23. The van der Waals surface area contributed by atoms with Crippen LogP contribution in [-0.2, 0) is 0 Å². The minimum atomic E-state index is 0.620. The third kappa shape index (κ3) is 4.92. The molecule has 0 radical (unpaired) electrons. The van der Waals surface area contributed by atoms with Crippen molar-refractivity contribution in [1.29, 1.82) is 0 Å². The van der Waals surface area contributed by atoms with Crippen molar-refractivity contribution in [3.8, 4) is 51.1 Å². The summed E-state index contributed by atoms with van der Waals surface area (Å²) in [6.45, 7) is 0. The molecule has 11 rings (SSSR count). The van der Waals surface area contributed by atoms with Gasteiger partial charge in [0.25, 0.3) is 0 Å². The lowest BCUT2D eigenvalue weighted by atomic mass is 10.0. The summed E-state index contributed by atoms with van der Waals surface area (Å²) in [5, 5.41) is 6.08. The second-order valence-corrected chi connectivity index (χ2v) is 14.5. The van der Waals surface area contributed by atoms with E-state index in [1.807, 2.05) is 41.7 Å². The standard InChI is InChI=1S/C48H29N5S/c1-2-12-31(13-3-1)46-50-47(52-48(51-46)33-26-28-34(29-27-33)53-40-19-9-5-14-35(40)36-15-6-10-20-41(36)53)32-24-22-30(23-25-32)44-43-38-17-7-11-21-42(38)54-45(43)37-16-4-8-18-39(37)49-44/h1-29H. The second-order valence-electron chi connectivity index (χ2n) is 13.4. The SMILES string of the molecule is c1ccc(-c2nc(-c3ccc(-c4nc5ccccc5c5sc6ccccc6c45)cc3)nc(-c3ccc(-n4c5ccccc5c5ccccc54)cc3)n2)cc1. The Hall–Kier alpha value is -7.02. The van der Waals surface area contributed by atoms with Gasteiger partial charge in [-0.1, -0.05) is 127 Å². The van der Waals surface area contributed by atoms with E-state index in [2.05, 4.69) is 150 Å². The maximum atomic E-state index is 5.23. The van der Waals surface area contributed by atoms with Crippen LogP contribution in [0.15, 0.2) is 176 Å². The molecule has 54 heavy (non-hydrogen) atoms. The normalized spacial score (nSPS) is 11.7. The van der Waals surface area contributed by atoms with Crippen LogP contribution in [-0.4, -0.2) is 24.5 Å². The molecule has 0 aliphatic carbocycles. The summed E-state index contributed by atoms with van der Waals surface area (Å²) in [5.41, 5.74) is 9.24. The zero-order chi connectivity index (χ0) is 35.6. The number of thiophene rings is 1. The number of pyridine rings is 1. The molecular formula is C48H29N5S. The van der Waals surface area contributed by atoms with E-state index < -0.39 is 0 Å². The van der Waals surface area contributed by atoms with Crippen LogP contribution in [0.4, 0.5) is 0 Å². The van der Waals surface area contributed by atoms with Crippen molar-refractivity contribution in [2.45, 2.75) is 0 Å². The van der Waals surface area contributed by atoms with Gasteiger partial charge in [-0.15, -0.1) is 11.3 Å². The summed E-state index contributed by atoms with van der Waals surface area (Å²) < 4.78 is 4.85. The Kier molecular flexibility index (Phi) is 6.97. The van der Waals surface area contributed by atoms with E-state index in [-0.39, 0.29) is 0 Å². The lowest BCUT2D eigenvalue weighted by Crippen LogP contribution is -2.00. The Labute approximate surface area is 314 Å². The van der Waals surface area contributed by atoms with Gasteiger partial charge in [-0.2, -0.15) is 0 Å². The van der Waals surface area contributed by atoms with Crippen LogP contribution in [0.2, 0.25) is 0 Å². The number of rotatable bonds is 5. The number of fused-ring (bicyclic) bond motifs is 8. The van der Waals surface area contributed by atoms with Crippen LogP contribution < -0.4 is 0 Å². The molecule has 0 aliphatic heterocycles.